The fourth-order valence-corrected chi connectivity index (χ4v) is 4.41. The van der Waals surface area contributed by atoms with Crippen LogP contribution >= 0.6 is 11.6 Å². The molecule has 10 heteroatoms. The number of benzene rings is 2. The van der Waals surface area contributed by atoms with Gasteiger partial charge in [-0.15, -0.1) is 0 Å². The van der Waals surface area contributed by atoms with Crippen LogP contribution in [-0.4, -0.2) is 18.5 Å². The number of nitrogens with one attached hydrogen (secondary N) is 1. The summed E-state index contributed by atoms with van der Waals surface area (Å²) in [7, 11) is -4.26. The highest BCUT2D eigenvalue weighted by Crippen LogP contribution is 2.35. The molecule has 3 aromatic rings. The van der Waals surface area contributed by atoms with Gasteiger partial charge in [0, 0.05) is 12.6 Å². The third kappa shape index (κ3) is 4.99. The molecule has 0 spiro atoms. The summed E-state index contributed by atoms with van der Waals surface area (Å²) >= 11 is 6.00. The Kier molecular flexibility index (Phi) is 6.19. The predicted octanol–water partition coefficient (Wildman–Crippen LogP) is 4.12. The van der Waals surface area contributed by atoms with Crippen molar-refractivity contribution < 1.29 is 26.7 Å². The van der Waals surface area contributed by atoms with Gasteiger partial charge in [-0.05, 0) is 23.8 Å². The molecule has 30 heavy (non-hydrogen) atoms. The summed E-state index contributed by atoms with van der Waals surface area (Å²) in [5.74, 6) is 0. The lowest BCUT2D eigenvalue weighted by atomic mass is 9.99. The molecule has 158 valence electrons. The highest BCUT2D eigenvalue weighted by Gasteiger charge is 2.40. The zero-order valence-electron chi connectivity index (χ0n) is 15.3. The van der Waals surface area contributed by atoms with Crippen LogP contribution in [0, 0.1) is 0 Å². The van der Waals surface area contributed by atoms with E-state index in [-0.39, 0.29) is 11.3 Å². The van der Waals surface area contributed by atoms with Gasteiger partial charge in [0.25, 0.3) is 0 Å². The van der Waals surface area contributed by atoms with Crippen LogP contribution < -0.4 is 4.72 Å². The van der Waals surface area contributed by atoms with Crippen LogP contribution in [0.5, 0.6) is 0 Å². The first-order valence-corrected chi connectivity index (χ1v) is 10.5. The Morgan fingerprint density at radius 3 is 2.10 bits per heavy atom. The summed E-state index contributed by atoms with van der Waals surface area (Å²) in [5.41, 5.74) is -3.46. The van der Waals surface area contributed by atoms with Crippen molar-refractivity contribution in [2.75, 3.05) is 0 Å². The van der Waals surface area contributed by atoms with E-state index in [0.29, 0.717) is 17.8 Å². The number of sulfonamides is 1. The van der Waals surface area contributed by atoms with Crippen LogP contribution in [0.3, 0.4) is 0 Å². The molecule has 2 aromatic carbocycles. The van der Waals surface area contributed by atoms with Gasteiger partial charge in [-0.3, -0.25) is 4.98 Å². The van der Waals surface area contributed by atoms with Gasteiger partial charge in [-0.25, -0.2) is 8.42 Å². The second-order valence-electron chi connectivity index (χ2n) is 6.49. The topological polar surface area (TPSA) is 79.3 Å². The largest absolute Gasteiger partial charge is 0.417 e. The average Bonchev–Trinajstić information content (AvgIpc) is 2.68. The molecule has 1 aromatic heterocycles. The fourth-order valence-electron chi connectivity index (χ4n) is 2.84. The van der Waals surface area contributed by atoms with E-state index in [1.165, 1.54) is 24.3 Å². The summed E-state index contributed by atoms with van der Waals surface area (Å²) in [6.45, 7) is 0. The SMILES string of the molecule is O=S(=O)(NC(O)(Cc1ccccc1)c1ncc(C(F)(F)F)cc1Cl)c1ccccc1. The minimum atomic E-state index is -4.70. The zero-order valence-corrected chi connectivity index (χ0v) is 16.8. The molecule has 5 nitrogen and oxygen atoms in total. The van der Waals surface area contributed by atoms with Crippen LogP contribution in [0.15, 0.2) is 77.8 Å². The first-order chi connectivity index (χ1) is 14.0. The lowest BCUT2D eigenvalue weighted by Crippen LogP contribution is -2.48. The summed E-state index contributed by atoms with van der Waals surface area (Å²) in [6, 6.07) is 16.1. The Labute approximate surface area is 176 Å². The number of nitrogens with zero attached hydrogens (tertiary/aromatic N) is 1. The standard InChI is InChI=1S/C20H16ClF3N2O3S/c21-17-11-15(20(22,23)24)13-25-18(17)19(27,12-14-7-3-1-4-8-14)26-30(28,29)16-9-5-2-6-10-16/h1-11,13,26-27H,12H2. The van der Waals surface area contributed by atoms with Crippen LogP contribution in [0.1, 0.15) is 16.8 Å². The number of alkyl halides is 3. The van der Waals surface area contributed by atoms with E-state index in [1.54, 1.807) is 36.4 Å². The van der Waals surface area contributed by atoms with Gasteiger partial charge >= 0.3 is 6.18 Å². The molecule has 0 saturated carbocycles. The van der Waals surface area contributed by atoms with Crippen molar-refractivity contribution >= 4 is 21.6 Å². The van der Waals surface area contributed by atoms with Crippen molar-refractivity contribution in [1.82, 2.24) is 9.71 Å². The van der Waals surface area contributed by atoms with Gasteiger partial charge in [-0.1, -0.05) is 60.1 Å². The Hall–Kier alpha value is -2.46. The fraction of sp³-hybridized carbons (Fsp3) is 0.150. The first-order valence-electron chi connectivity index (χ1n) is 8.60. The zero-order chi connectivity index (χ0) is 22.0. The van der Waals surface area contributed by atoms with Crippen LogP contribution in [0.25, 0.3) is 0 Å². The molecule has 0 fully saturated rings. The van der Waals surface area contributed by atoms with E-state index >= 15 is 0 Å². The monoisotopic (exact) mass is 456 g/mol. The second kappa shape index (κ2) is 8.35. The molecule has 0 aliphatic rings. The molecule has 0 bridgehead atoms. The third-order valence-electron chi connectivity index (χ3n) is 4.22. The van der Waals surface area contributed by atoms with Gasteiger partial charge in [0.15, 0.2) is 5.72 Å². The number of hydrogen-bond donors (Lipinski definition) is 2. The highest BCUT2D eigenvalue weighted by molar-refractivity contribution is 7.89. The van der Waals surface area contributed by atoms with Crippen molar-refractivity contribution in [3.63, 3.8) is 0 Å². The molecule has 1 atom stereocenters. The second-order valence-corrected chi connectivity index (χ2v) is 8.58. The van der Waals surface area contributed by atoms with Crippen molar-refractivity contribution in [1.29, 1.82) is 0 Å². The van der Waals surface area contributed by atoms with Gasteiger partial charge in [0.05, 0.1) is 15.5 Å². The number of halogens is 4. The number of pyridine rings is 1. The Balaban J connectivity index is 2.09. The normalized spacial score (nSPS) is 14.3. The van der Waals surface area contributed by atoms with E-state index < -0.39 is 38.2 Å². The minimum absolute atomic E-state index is 0.139. The van der Waals surface area contributed by atoms with Gasteiger partial charge in [0.2, 0.25) is 10.0 Å². The van der Waals surface area contributed by atoms with Crippen LogP contribution in [0.2, 0.25) is 5.02 Å². The Morgan fingerprint density at radius 1 is 1.00 bits per heavy atom. The first kappa shape index (κ1) is 22.2. The van der Waals surface area contributed by atoms with E-state index in [9.17, 15) is 26.7 Å². The molecule has 1 heterocycles. The average molecular weight is 457 g/mol. The van der Waals surface area contributed by atoms with Crippen molar-refractivity contribution in [3.05, 3.63) is 94.8 Å². The number of aromatic nitrogens is 1. The Bertz CT molecular complexity index is 1130. The maximum atomic E-state index is 13.0. The summed E-state index contributed by atoms with van der Waals surface area (Å²) < 4.78 is 66.7. The molecule has 0 aliphatic heterocycles. The molecular weight excluding hydrogens is 441 g/mol. The molecule has 3 rings (SSSR count). The van der Waals surface area contributed by atoms with E-state index in [0.717, 1.165) is 0 Å². The van der Waals surface area contributed by atoms with E-state index in [2.05, 4.69) is 9.71 Å². The summed E-state index contributed by atoms with van der Waals surface area (Å²) in [6.07, 6.45) is -4.53. The number of aliphatic hydroxyl groups is 1. The molecule has 2 N–H and O–H groups in total. The van der Waals surface area contributed by atoms with Gasteiger partial charge in [-0.2, -0.15) is 17.9 Å². The third-order valence-corrected chi connectivity index (χ3v) is 6.01. The molecule has 0 aliphatic carbocycles. The molecule has 0 radical (unpaired) electrons. The van der Waals surface area contributed by atoms with Crippen LogP contribution in [0.4, 0.5) is 13.2 Å². The summed E-state index contributed by atoms with van der Waals surface area (Å²) in [5, 5.41) is 10.8. The predicted molar refractivity (Wildman–Crippen MR) is 105 cm³/mol. The van der Waals surface area contributed by atoms with Crippen molar-refractivity contribution in [2.45, 2.75) is 23.2 Å². The Morgan fingerprint density at radius 2 is 1.57 bits per heavy atom. The number of hydrogen-bond acceptors (Lipinski definition) is 4. The summed E-state index contributed by atoms with van der Waals surface area (Å²) in [4.78, 5) is 3.52. The maximum absolute atomic E-state index is 13.0. The van der Waals surface area contributed by atoms with Crippen molar-refractivity contribution in [2.24, 2.45) is 0 Å². The number of rotatable bonds is 6. The molecule has 1 unspecified atom stereocenters. The molecule has 0 amide bonds. The molecule has 0 saturated heterocycles. The lowest BCUT2D eigenvalue weighted by molar-refractivity contribution is -0.137. The van der Waals surface area contributed by atoms with Gasteiger partial charge < -0.3 is 5.11 Å². The smallest absolute Gasteiger partial charge is 0.369 e. The van der Waals surface area contributed by atoms with Gasteiger partial charge in [0.1, 0.15) is 5.69 Å². The van der Waals surface area contributed by atoms with Crippen molar-refractivity contribution in [3.8, 4) is 0 Å². The lowest BCUT2D eigenvalue weighted by Gasteiger charge is -2.29. The van der Waals surface area contributed by atoms with E-state index in [1.807, 2.05) is 0 Å². The van der Waals surface area contributed by atoms with E-state index in [4.69, 9.17) is 11.6 Å². The highest BCUT2D eigenvalue weighted by atomic mass is 35.5. The maximum Gasteiger partial charge on any atom is 0.417 e. The minimum Gasteiger partial charge on any atom is -0.369 e. The van der Waals surface area contributed by atoms with Crippen LogP contribution in [-0.2, 0) is 28.3 Å². The molecular formula is C20H16ClF3N2O3S. The quantitative estimate of drug-likeness (QED) is 0.547.